The molecule has 7 heteroatoms. The molecule has 1 heterocycles. The monoisotopic (exact) mass is 357 g/mol. The summed E-state index contributed by atoms with van der Waals surface area (Å²) >= 11 is 6.75. The van der Waals surface area contributed by atoms with Gasteiger partial charge in [-0.1, -0.05) is 15.9 Å². The van der Waals surface area contributed by atoms with Gasteiger partial charge in [-0.2, -0.15) is 0 Å². The molecule has 2 rings (SSSR count). The van der Waals surface area contributed by atoms with Crippen LogP contribution >= 0.6 is 31.9 Å². The van der Waals surface area contributed by atoms with Crippen LogP contribution in [0.25, 0.3) is 0 Å². The van der Waals surface area contributed by atoms with Gasteiger partial charge in [-0.15, -0.1) is 0 Å². The largest absolute Gasteiger partial charge is 0.339 e. The van der Waals surface area contributed by atoms with E-state index in [9.17, 15) is 0 Å². The van der Waals surface area contributed by atoms with Crippen molar-refractivity contribution in [1.82, 2.24) is 9.97 Å². The molecule has 0 aliphatic carbocycles. The molecule has 5 nitrogen and oxygen atoms in total. The van der Waals surface area contributed by atoms with Crippen molar-refractivity contribution in [2.45, 2.75) is 0 Å². The van der Waals surface area contributed by atoms with Crippen LogP contribution in [-0.2, 0) is 0 Å². The highest BCUT2D eigenvalue weighted by Crippen LogP contribution is 2.28. The normalized spacial score (nSPS) is 10.1. The highest BCUT2D eigenvalue weighted by Gasteiger charge is 2.07. The van der Waals surface area contributed by atoms with Crippen LogP contribution in [0.2, 0.25) is 0 Å². The highest BCUT2D eigenvalue weighted by molar-refractivity contribution is 9.11. The topological polar surface area (TPSA) is 75.9 Å². The first-order chi connectivity index (χ1) is 8.20. The third-order valence-electron chi connectivity index (χ3n) is 2.03. The maximum Gasteiger partial charge on any atom is 0.159 e. The molecule has 0 saturated carbocycles. The molecule has 0 aliphatic heterocycles. The Morgan fingerprint density at radius 3 is 2.29 bits per heavy atom. The van der Waals surface area contributed by atoms with Crippen molar-refractivity contribution >= 4 is 49.2 Å². The molecule has 0 bridgehead atoms. The second kappa shape index (κ2) is 5.44. The highest BCUT2D eigenvalue weighted by atomic mass is 79.9. The van der Waals surface area contributed by atoms with Crippen LogP contribution in [0, 0.1) is 0 Å². The molecule has 0 fully saturated rings. The van der Waals surface area contributed by atoms with Crippen LogP contribution in [0.15, 0.2) is 39.5 Å². The lowest BCUT2D eigenvalue weighted by molar-refractivity contribution is 1.12. The predicted octanol–water partition coefficient (Wildman–Crippen LogP) is 3.03. The minimum absolute atomic E-state index is 0.527. The maximum absolute atomic E-state index is 5.33. The van der Waals surface area contributed by atoms with Crippen molar-refractivity contribution in [2.75, 3.05) is 10.7 Å². The number of nitrogens with zero attached hydrogens (tertiary/aromatic N) is 2. The number of anilines is 3. The molecule has 2 aromatic rings. The van der Waals surface area contributed by atoms with E-state index in [1.807, 2.05) is 24.3 Å². The van der Waals surface area contributed by atoms with E-state index in [4.69, 9.17) is 5.84 Å². The van der Waals surface area contributed by atoms with Crippen LogP contribution in [0.5, 0.6) is 0 Å². The Bertz CT molecular complexity index is 515. The molecular weight excluding hydrogens is 350 g/mol. The van der Waals surface area contributed by atoms with Crippen LogP contribution in [0.1, 0.15) is 0 Å². The lowest BCUT2D eigenvalue weighted by atomic mass is 10.3. The molecule has 0 unspecified atom stereocenters. The molecule has 0 saturated heterocycles. The van der Waals surface area contributed by atoms with Gasteiger partial charge in [-0.05, 0) is 40.2 Å². The lowest BCUT2D eigenvalue weighted by Crippen LogP contribution is -2.10. The first-order valence-corrected chi connectivity index (χ1v) is 6.29. The molecule has 88 valence electrons. The van der Waals surface area contributed by atoms with Gasteiger partial charge in [0.25, 0.3) is 0 Å². The molecule has 17 heavy (non-hydrogen) atoms. The zero-order chi connectivity index (χ0) is 12.3. The van der Waals surface area contributed by atoms with Crippen molar-refractivity contribution in [3.8, 4) is 0 Å². The van der Waals surface area contributed by atoms with Gasteiger partial charge in [-0.3, -0.25) is 0 Å². The van der Waals surface area contributed by atoms with Crippen LogP contribution in [0.4, 0.5) is 17.3 Å². The Labute approximate surface area is 115 Å². The number of halogens is 2. The van der Waals surface area contributed by atoms with Crippen LogP contribution in [0.3, 0.4) is 0 Å². The first-order valence-electron chi connectivity index (χ1n) is 4.70. The summed E-state index contributed by atoms with van der Waals surface area (Å²) in [6.07, 6.45) is 1.43. The number of rotatable bonds is 3. The van der Waals surface area contributed by atoms with Gasteiger partial charge in [0.1, 0.15) is 16.6 Å². The van der Waals surface area contributed by atoms with Gasteiger partial charge in [0.2, 0.25) is 0 Å². The van der Waals surface area contributed by atoms with Crippen molar-refractivity contribution in [3.05, 3.63) is 39.5 Å². The Morgan fingerprint density at radius 1 is 1.00 bits per heavy atom. The third-order valence-corrected chi connectivity index (χ3v) is 3.31. The number of aromatic nitrogens is 2. The van der Waals surface area contributed by atoms with E-state index in [2.05, 4.69) is 52.6 Å². The molecular formula is C10H9Br2N5. The minimum atomic E-state index is 0.527. The third kappa shape index (κ3) is 2.93. The molecule has 0 spiro atoms. The zero-order valence-corrected chi connectivity index (χ0v) is 11.8. The van der Waals surface area contributed by atoms with Crippen LogP contribution in [-0.4, -0.2) is 9.97 Å². The average molecular weight is 359 g/mol. The van der Waals surface area contributed by atoms with Crippen molar-refractivity contribution in [2.24, 2.45) is 5.84 Å². The smallest absolute Gasteiger partial charge is 0.159 e. The first kappa shape index (κ1) is 12.3. The van der Waals surface area contributed by atoms with Gasteiger partial charge in [-0.25, -0.2) is 15.8 Å². The van der Waals surface area contributed by atoms with Crippen LogP contribution < -0.4 is 16.6 Å². The number of hydrazine groups is 1. The van der Waals surface area contributed by atoms with Crippen molar-refractivity contribution in [3.63, 3.8) is 0 Å². The summed E-state index contributed by atoms with van der Waals surface area (Å²) in [6.45, 7) is 0. The van der Waals surface area contributed by atoms with E-state index in [-0.39, 0.29) is 0 Å². The Morgan fingerprint density at radius 2 is 1.65 bits per heavy atom. The average Bonchev–Trinajstić information content (AvgIpc) is 2.35. The van der Waals surface area contributed by atoms with Crippen molar-refractivity contribution < 1.29 is 0 Å². The molecule has 0 atom stereocenters. The lowest BCUT2D eigenvalue weighted by Gasteiger charge is -2.09. The summed E-state index contributed by atoms with van der Waals surface area (Å²) in [5.74, 6) is 6.50. The van der Waals surface area contributed by atoms with E-state index in [0.717, 1.165) is 10.2 Å². The van der Waals surface area contributed by atoms with Gasteiger partial charge >= 0.3 is 0 Å². The van der Waals surface area contributed by atoms with E-state index in [1.54, 1.807) is 0 Å². The summed E-state index contributed by atoms with van der Waals surface area (Å²) in [4.78, 5) is 8.10. The van der Waals surface area contributed by atoms with Crippen molar-refractivity contribution in [1.29, 1.82) is 0 Å². The van der Waals surface area contributed by atoms with Gasteiger partial charge < -0.3 is 10.7 Å². The molecule has 1 aromatic carbocycles. The Balaban J connectivity index is 2.27. The predicted molar refractivity (Wildman–Crippen MR) is 75.0 cm³/mol. The zero-order valence-electron chi connectivity index (χ0n) is 8.61. The SMILES string of the molecule is NNc1ncnc(Nc2ccc(Br)cc2)c1Br. The molecule has 1 aromatic heterocycles. The molecule has 0 amide bonds. The fourth-order valence-corrected chi connectivity index (χ4v) is 1.91. The van der Waals surface area contributed by atoms with E-state index >= 15 is 0 Å². The fourth-order valence-electron chi connectivity index (χ4n) is 1.23. The molecule has 0 radical (unpaired) electrons. The summed E-state index contributed by atoms with van der Waals surface area (Å²) in [7, 11) is 0. The summed E-state index contributed by atoms with van der Waals surface area (Å²) in [5, 5.41) is 3.16. The van der Waals surface area contributed by atoms with E-state index in [1.165, 1.54) is 6.33 Å². The quantitative estimate of drug-likeness (QED) is 0.580. The molecule has 0 aliphatic rings. The maximum atomic E-state index is 5.33. The summed E-state index contributed by atoms with van der Waals surface area (Å²) in [6, 6.07) is 7.77. The molecule has 4 N–H and O–H groups in total. The van der Waals surface area contributed by atoms with Gasteiger partial charge in [0.15, 0.2) is 5.82 Å². The Kier molecular flexibility index (Phi) is 3.93. The minimum Gasteiger partial charge on any atom is -0.339 e. The van der Waals surface area contributed by atoms with E-state index < -0.39 is 0 Å². The van der Waals surface area contributed by atoms with E-state index in [0.29, 0.717) is 16.1 Å². The number of nitrogens with one attached hydrogen (secondary N) is 2. The Hall–Kier alpha value is -1.18. The number of hydrogen-bond acceptors (Lipinski definition) is 5. The van der Waals surface area contributed by atoms with Gasteiger partial charge in [0.05, 0.1) is 0 Å². The summed E-state index contributed by atoms with van der Waals surface area (Å²) < 4.78 is 1.71. The number of hydrogen-bond donors (Lipinski definition) is 3. The second-order valence-electron chi connectivity index (χ2n) is 3.16. The fraction of sp³-hybridized carbons (Fsp3) is 0. The number of nitrogen functional groups attached to an aromatic ring is 1. The number of benzene rings is 1. The second-order valence-corrected chi connectivity index (χ2v) is 4.87. The van der Waals surface area contributed by atoms with Gasteiger partial charge in [0, 0.05) is 10.2 Å². The standard InChI is InChI=1S/C10H9Br2N5/c11-6-1-3-7(4-2-6)16-9-8(12)10(17-13)15-5-14-9/h1-5H,13H2,(H2,14,15,16,17). The summed E-state index contributed by atoms with van der Waals surface area (Å²) in [5.41, 5.74) is 3.41. The number of nitrogens with two attached hydrogens (primary N) is 1.